The average molecular weight is 535 g/mol. The summed E-state index contributed by atoms with van der Waals surface area (Å²) in [5, 5.41) is 10.4. The van der Waals surface area contributed by atoms with Crippen molar-refractivity contribution in [3.8, 4) is 0 Å². The molecule has 0 aromatic carbocycles. The largest absolute Gasteiger partial charge is 0.465 e. The van der Waals surface area contributed by atoms with Crippen molar-refractivity contribution >= 4 is 29.5 Å². The molecule has 3 fully saturated rings. The maximum absolute atomic E-state index is 14.5. The minimum atomic E-state index is -0.759. The predicted octanol–water partition coefficient (Wildman–Crippen LogP) is 4.20. The molecule has 0 aliphatic carbocycles. The summed E-state index contributed by atoms with van der Waals surface area (Å²) < 4.78 is 4.49. The lowest BCUT2D eigenvalue weighted by molar-refractivity contribution is -0.156. The molecule has 2 bridgehead atoms. The minimum absolute atomic E-state index is 0.137. The fourth-order valence-corrected chi connectivity index (χ4v) is 9.00. The van der Waals surface area contributed by atoms with Crippen LogP contribution in [-0.2, 0) is 19.1 Å². The monoisotopic (exact) mass is 534 g/mol. The molecule has 3 aliphatic heterocycles. The van der Waals surface area contributed by atoms with Gasteiger partial charge in [-0.25, -0.2) is 0 Å². The number of aliphatic hydroxyl groups is 1. The summed E-state index contributed by atoms with van der Waals surface area (Å²) in [4.78, 5) is 45.7. The number of thioether (sulfide) groups is 1. The molecule has 2 amide bonds. The molecule has 37 heavy (non-hydrogen) atoms. The number of unbranched alkanes of at least 4 members (excludes halogenated alkanes) is 1. The number of hydrogen-bond acceptors (Lipinski definition) is 6. The average Bonchev–Trinajstić information content (AvgIpc) is 3.38. The lowest BCUT2D eigenvalue weighted by Gasteiger charge is -2.43. The standard InChI is InChI=1S/C29H46N2O5S/c1-9-11-12-16-36-26(35)22-21-24(33)31(20(18-32)17-19(3)4)23(29(21)14-13-28(22,8)37-29)25(34)30(15-10-2)27(5,6)7/h9-10,19-23,32H,1-2,11-18H2,3-8H3/t20-,21+,22+,23?,28-,29?/m1/s1. The second-order valence-electron chi connectivity index (χ2n) is 12.4. The van der Waals surface area contributed by atoms with Crippen LogP contribution in [0.5, 0.6) is 0 Å². The van der Waals surface area contributed by atoms with Gasteiger partial charge >= 0.3 is 5.97 Å². The summed E-state index contributed by atoms with van der Waals surface area (Å²) in [6.07, 6.45) is 6.91. The number of ether oxygens (including phenoxy) is 1. The Bertz CT molecular complexity index is 914. The maximum atomic E-state index is 14.5. The fourth-order valence-electron chi connectivity index (χ4n) is 6.68. The van der Waals surface area contributed by atoms with Gasteiger partial charge in [-0.1, -0.05) is 26.0 Å². The molecule has 3 rings (SSSR count). The van der Waals surface area contributed by atoms with Crippen LogP contribution in [0.4, 0.5) is 0 Å². The quantitative estimate of drug-likeness (QED) is 0.229. The van der Waals surface area contributed by atoms with Gasteiger partial charge in [-0.15, -0.1) is 24.9 Å². The molecule has 3 saturated heterocycles. The van der Waals surface area contributed by atoms with Crippen LogP contribution in [0.2, 0.25) is 0 Å². The lowest BCUT2D eigenvalue weighted by Crippen LogP contribution is -2.60. The zero-order valence-electron chi connectivity index (χ0n) is 23.5. The first-order valence-corrected chi connectivity index (χ1v) is 14.4. The number of hydrogen-bond donors (Lipinski definition) is 1. The Morgan fingerprint density at radius 3 is 2.49 bits per heavy atom. The van der Waals surface area contributed by atoms with Gasteiger partial charge in [0, 0.05) is 16.8 Å². The van der Waals surface area contributed by atoms with Gasteiger partial charge in [-0.2, -0.15) is 0 Å². The first-order valence-electron chi connectivity index (χ1n) is 13.6. The number of esters is 1. The summed E-state index contributed by atoms with van der Waals surface area (Å²) >= 11 is 1.63. The number of rotatable bonds is 12. The van der Waals surface area contributed by atoms with E-state index in [1.165, 1.54) is 0 Å². The number of aliphatic hydroxyl groups excluding tert-OH is 1. The van der Waals surface area contributed by atoms with Gasteiger partial charge in [0.2, 0.25) is 11.8 Å². The molecule has 0 aromatic heterocycles. The van der Waals surface area contributed by atoms with Crippen LogP contribution in [0, 0.1) is 17.8 Å². The molecule has 208 valence electrons. The van der Waals surface area contributed by atoms with E-state index in [2.05, 4.69) is 13.2 Å². The van der Waals surface area contributed by atoms with Crippen molar-refractivity contribution < 1.29 is 24.2 Å². The Hall–Kier alpha value is -1.80. The van der Waals surface area contributed by atoms with E-state index in [0.717, 1.165) is 12.8 Å². The van der Waals surface area contributed by atoms with Crippen LogP contribution in [0.1, 0.15) is 73.6 Å². The van der Waals surface area contributed by atoms with Crippen molar-refractivity contribution in [1.29, 1.82) is 0 Å². The Labute approximate surface area is 227 Å². The molecule has 0 aromatic rings. The summed E-state index contributed by atoms with van der Waals surface area (Å²) in [6, 6.07) is -1.26. The SMILES string of the molecule is C=CCCCOC(=O)[C@@H]1[C@H]2C(=O)N([C@@H](CO)CC(C)C)C(C(=O)N(CC=C)C(C)(C)C)C23CC[C@@]1(C)S3. The highest BCUT2D eigenvalue weighted by Crippen LogP contribution is 2.72. The summed E-state index contributed by atoms with van der Waals surface area (Å²) in [5.41, 5.74) is -0.490. The third-order valence-electron chi connectivity index (χ3n) is 8.23. The van der Waals surface area contributed by atoms with Gasteiger partial charge in [-0.3, -0.25) is 14.4 Å². The van der Waals surface area contributed by atoms with Crippen molar-refractivity contribution in [2.75, 3.05) is 19.8 Å². The topological polar surface area (TPSA) is 87.1 Å². The lowest BCUT2D eigenvalue weighted by atomic mass is 9.66. The number of fused-ring (bicyclic) bond motifs is 1. The summed E-state index contributed by atoms with van der Waals surface area (Å²) in [6.45, 7) is 20.1. The highest BCUT2D eigenvalue weighted by molar-refractivity contribution is 8.02. The van der Waals surface area contributed by atoms with Gasteiger partial charge < -0.3 is 19.6 Å². The van der Waals surface area contributed by atoms with E-state index in [9.17, 15) is 19.5 Å². The van der Waals surface area contributed by atoms with Gasteiger partial charge in [0.05, 0.1) is 35.8 Å². The number of carbonyl (C=O) groups is 3. The molecule has 0 radical (unpaired) electrons. The maximum Gasteiger partial charge on any atom is 0.311 e. The number of carbonyl (C=O) groups excluding carboxylic acids is 3. The smallest absolute Gasteiger partial charge is 0.311 e. The molecule has 1 spiro atoms. The van der Waals surface area contributed by atoms with Crippen LogP contribution in [0.3, 0.4) is 0 Å². The van der Waals surface area contributed by atoms with Crippen LogP contribution in [0.15, 0.2) is 25.3 Å². The number of nitrogens with zero attached hydrogens (tertiary/aromatic N) is 2. The molecule has 0 saturated carbocycles. The van der Waals surface area contributed by atoms with Gasteiger partial charge in [0.25, 0.3) is 0 Å². The van der Waals surface area contributed by atoms with E-state index in [-0.39, 0.29) is 36.9 Å². The molecular formula is C29H46N2O5S. The summed E-state index contributed by atoms with van der Waals surface area (Å²) in [7, 11) is 0. The van der Waals surface area contributed by atoms with Crippen LogP contribution in [-0.4, -0.2) is 79.6 Å². The highest BCUT2D eigenvalue weighted by atomic mass is 32.2. The van der Waals surface area contributed by atoms with Crippen molar-refractivity contribution in [1.82, 2.24) is 9.80 Å². The number of amides is 2. The Morgan fingerprint density at radius 1 is 1.27 bits per heavy atom. The molecular weight excluding hydrogens is 488 g/mol. The van der Waals surface area contributed by atoms with E-state index in [4.69, 9.17) is 4.74 Å². The van der Waals surface area contributed by atoms with Crippen LogP contribution in [0.25, 0.3) is 0 Å². The number of likely N-dealkylation sites (tertiary alicyclic amines) is 1. The third kappa shape index (κ3) is 5.25. The highest BCUT2D eigenvalue weighted by Gasteiger charge is 2.78. The number of allylic oxidation sites excluding steroid dienone is 1. The second-order valence-corrected chi connectivity index (χ2v) is 14.3. The predicted molar refractivity (Wildman–Crippen MR) is 148 cm³/mol. The van der Waals surface area contributed by atoms with Crippen molar-refractivity contribution in [2.45, 2.75) is 101 Å². The zero-order chi connectivity index (χ0) is 27.8. The van der Waals surface area contributed by atoms with E-state index in [0.29, 0.717) is 25.8 Å². The molecule has 3 aliphatic rings. The van der Waals surface area contributed by atoms with Crippen LogP contribution >= 0.6 is 11.8 Å². The van der Waals surface area contributed by atoms with Crippen molar-refractivity contribution in [3.63, 3.8) is 0 Å². The van der Waals surface area contributed by atoms with Crippen LogP contribution < -0.4 is 0 Å². The normalized spacial score (nSPS) is 31.4. The molecule has 1 N–H and O–H groups in total. The van der Waals surface area contributed by atoms with Gasteiger partial charge in [0.1, 0.15) is 6.04 Å². The summed E-state index contributed by atoms with van der Waals surface area (Å²) in [5.74, 6) is -1.74. The fraction of sp³-hybridized carbons (Fsp3) is 0.759. The molecule has 6 atom stereocenters. The Kier molecular flexibility index (Phi) is 8.95. The molecule has 7 nitrogen and oxygen atoms in total. The Morgan fingerprint density at radius 2 is 1.95 bits per heavy atom. The van der Waals surface area contributed by atoms with E-state index in [1.807, 2.05) is 41.5 Å². The first-order chi connectivity index (χ1) is 17.3. The van der Waals surface area contributed by atoms with Gasteiger partial charge in [0.15, 0.2) is 0 Å². The van der Waals surface area contributed by atoms with E-state index in [1.54, 1.807) is 33.7 Å². The van der Waals surface area contributed by atoms with Crippen molar-refractivity contribution in [2.24, 2.45) is 17.8 Å². The molecule has 2 unspecified atom stereocenters. The van der Waals surface area contributed by atoms with E-state index < -0.39 is 39.0 Å². The minimum Gasteiger partial charge on any atom is -0.465 e. The third-order valence-corrected chi connectivity index (χ3v) is 10.2. The molecule has 8 heteroatoms. The van der Waals surface area contributed by atoms with Gasteiger partial charge in [-0.05, 0) is 65.7 Å². The second kappa shape index (κ2) is 11.1. The Balaban J connectivity index is 2.09. The first kappa shape index (κ1) is 29.8. The van der Waals surface area contributed by atoms with Crippen molar-refractivity contribution in [3.05, 3.63) is 25.3 Å². The molecule has 3 heterocycles. The zero-order valence-corrected chi connectivity index (χ0v) is 24.3. The van der Waals surface area contributed by atoms with E-state index >= 15 is 0 Å².